The number of hydrogen-bond donors (Lipinski definition) is 0. The zero-order valence-corrected chi connectivity index (χ0v) is 13.6. The molecule has 4 aliphatic carbocycles. The van der Waals surface area contributed by atoms with Gasteiger partial charge in [0.1, 0.15) is 0 Å². The SMILES string of the molecule is O=C(OCCCC(F)(F)S(=O)(=O)[O-])C12CC3CC(CC(C3)C1)C2. The van der Waals surface area contributed by atoms with Gasteiger partial charge in [-0.2, -0.15) is 8.78 Å². The third-order valence-corrected chi connectivity index (χ3v) is 6.62. The van der Waals surface area contributed by atoms with E-state index in [1.165, 1.54) is 19.3 Å². The summed E-state index contributed by atoms with van der Waals surface area (Å²) in [7, 11) is -5.66. The predicted octanol–water partition coefficient (Wildman–Crippen LogP) is 2.66. The number of alkyl halides is 2. The second-order valence-corrected chi connectivity index (χ2v) is 9.03. The van der Waals surface area contributed by atoms with E-state index in [1.807, 2.05) is 0 Å². The molecule has 4 fully saturated rings. The molecule has 132 valence electrons. The standard InChI is InChI=1S/C15H22F2O5S/c16-15(17,23(19,20)21)2-1-3-22-13(18)14-7-10-4-11(8-14)6-12(5-10)9-14/h10-12H,1-9H2,(H,19,20,21)/p-1. The third-order valence-electron chi connectivity index (χ3n) is 5.68. The molecule has 5 nitrogen and oxygen atoms in total. The normalized spacial score (nSPS) is 36.2. The molecule has 0 radical (unpaired) electrons. The van der Waals surface area contributed by atoms with Crippen LogP contribution in [-0.4, -0.2) is 30.8 Å². The third kappa shape index (κ3) is 3.24. The molecule has 0 saturated heterocycles. The highest BCUT2D eigenvalue weighted by atomic mass is 32.2. The largest absolute Gasteiger partial charge is 0.743 e. The smallest absolute Gasteiger partial charge is 0.334 e. The molecule has 0 aromatic heterocycles. The van der Waals surface area contributed by atoms with Crippen molar-refractivity contribution in [2.75, 3.05) is 6.61 Å². The monoisotopic (exact) mass is 351 g/mol. The number of rotatable bonds is 6. The van der Waals surface area contributed by atoms with E-state index in [9.17, 15) is 26.5 Å². The average molecular weight is 351 g/mol. The lowest BCUT2D eigenvalue weighted by molar-refractivity contribution is -0.171. The molecular formula is C15H21F2O5S-. The Bertz CT molecular complexity index is 551. The van der Waals surface area contributed by atoms with Crippen LogP contribution in [0.1, 0.15) is 51.4 Å². The fourth-order valence-electron chi connectivity index (χ4n) is 5.08. The van der Waals surface area contributed by atoms with Gasteiger partial charge >= 0.3 is 11.2 Å². The number of hydrogen-bond acceptors (Lipinski definition) is 5. The summed E-state index contributed by atoms with van der Waals surface area (Å²) in [5, 5.41) is -4.31. The molecule has 0 aromatic carbocycles. The molecule has 0 amide bonds. The lowest BCUT2D eigenvalue weighted by atomic mass is 9.49. The minimum absolute atomic E-state index is 0.272. The molecule has 0 heterocycles. The Morgan fingerprint density at radius 1 is 1.13 bits per heavy atom. The molecule has 23 heavy (non-hydrogen) atoms. The molecular weight excluding hydrogens is 330 g/mol. The van der Waals surface area contributed by atoms with Crippen molar-refractivity contribution in [3.8, 4) is 0 Å². The van der Waals surface area contributed by atoms with Gasteiger partial charge in [-0.3, -0.25) is 4.79 Å². The Kier molecular flexibility index (Phi) is 4.20. The second-order valence-electron chi connectivity index (χ2n) is 7.53. The Balaban J connectivity index is 1.51. The van der Waals surface area contributed by atoms with Gasteiger partial charge in [-0.25, -0.2) is 8.42 Å². The second kappa shape index (κ2) is 5.65. The maximum Gasteiger partial charge on any atom is 0.334 e. The van der Waals surface area contributed by atoms with Gasteiger partial charge in [0, 0.05) is 6.42 Å². The molecule has 4 bridgehead atoms. The zero-order chi connectivity index (χ0) is 16.9. The molecule has 0 spiro atoms. The highest BCUT2D eigenvalue weighted by Crippen LogP contribution is 2.60. The first-order valence-corrected chi connectivity index (χ1v) is 9.53. The van der Waals surface area contributed by atoms with E-state index in [2.05, 4.69) is 0 Å². The highest BCUT2D eigenvalue weighted by Gasteiger charge is 2.55. The lowest BCUT2D eigenvalue weighted by Crippen LogP contribution is -2.50. The van der Waals surface area contributed by atoms with Gasteiger partial charge in [0.05, 0.1) is 12.0 Å². The molecule has 0 atom stereocenters. The molecule has 0 N–H and O–H groups in total. The topological polar surface area (TPSA) is 83.5 Å². The summed E-state index contributed by atoms with van der Waals surface area (Å²) in [5.74, 6) is 1.39. The van der Waals surface area contributed by atoms with Gasteiger partial charge in [-0.15, -0.1) is 0 Å². The fourth-order valence-corrected chi connectivity index (χ4v) is 5.48. The first-order valence-electron chi connectivity index (χ1n) is 8.12. The molecule has 4 rings (SSSR count). The maximum absolute atomic E-state index is 13.0. The molecule has 0 aromatic rings. The minimum atomic E-state index is -5.66. The molecule has 4 saturated carbocycles. The number of carbonyl (C=O) groups is 1. The van der Waals surface area contributed by atoms with Crippen molar-refractivity contribution in [3.63, 3.8) is 0 Å². The van der Waals surface area contributed by atoms with E-state index in [1.54, 1.807) is 0 Å². The van der Waals surface area contributed by atoms with Gasteiger partial charge in [0.25, 0.3) is 0 Å². The van der Waals surface area contributed by atoms with Gasteiger partial charge in [-0.05, 0) is 62.7 Å². The van der Waals surface area contributed by atoms with E-state index in [0.717, 1.165) is 19.3 Å². The summed E-state index contributed by atoms with van der Waals surface area (Å²) in [6.07, 6.45) is 4.55. The van der Waals surface area contributed by atoms with Crippen LogP contribution in [-0.2, 0) is 19.6 Å². The summed E-state index contributed by atoms with van der Waals surface area (Å²) in [6, 6.07) is 0. The Labute approximate surface area is 134 Å². The number of carbonyl (C=O) groups excluding carboxylic acids is 1. The summed E-state index contributed by atoms with van der Waals surface area (Å²) < 4.78 is 62.4. The summed E-state index contributed by atoms with van der Waals surface area (Å²) in [4.78, 5) is 12.4. The van der Waals surface area contributed by atoms with Crippen LogP contribution in [0.25, 0.3) is 0 Å². The summed E-state index contributed by atoms with van der Waals surface area (Å²) in [6.45, 7) is -0.272. The van der Waals surface area contributed by atoms with Crippen LogP contribution in [0.2, 0.25) is 0 Å². The van der Waals surface area contributed by atoms with Crippen molar-refractivity contribution < 1.29 is 31.3 Å². The van der Waals surface area contributed by atoms with Crippen molar-refractivity contribution in [1.29, 1.82) is 0 Å². The van der Waals surface area contributed by atoms with Crippen LogP contribution in [0.15, 0.2) is 0 Å². The quantitative estimate of drug-likeness (QED) is 0.417. The van der Waals surface area contributed by atoms with Crippen molar-refractivity contribution >= 4 is 16.1 Å². The van der Waals surface area contributed by atoms with Crippen LogP contribution in [0.5, 0.6) is 0 Å². The van der Waals surface area contributed by atoms with Crippen LogP contribution in [0.3, 0.4) is 0 Å². The molecule has 0 aliphatic heterocycles. The van der Waals surface area contributed by atoms with E-state index >= 15 is 0 Å². The number of halogens is 2. The Morgan fingerprint density at radius 3 is 2.04 bits per heavy atom. The fraction of sp³-hybridized carbons (Fsp3) is 0.933. The first-order chi connectivity index (χ1) is 10.6. The van der Waals surface area contributed by atoms with Crippen molar-refractivity contribution in [2.24, 2.45) is 23.2 Å². The molecule has 4 aliphatic rings. The van der Waals surface area contributed by atoms with Crippen molar-refractivity contribution in [3.05, 3.63) is 0 Å². The van der Waals surface area contributed by atoms with E-state index in [-0.39, 0.29) is 19.0 Å². The van der Waals surface area contributed by atoms with Crippen LogP contribution < -0.4 is 0 Å². The highest BCUT2D eigenvalue weighted by molar-refractivity contribution is 7.86. The molecule has 8 heteroatoms. The van der Waals surface area contributed by atoms with Crippen LogP contribution in [0, 0.1) is 23.2 Å². The van der Waals surface area contributed by atoms with E-state index in [4.69, 9.17) is 4.74 Å². The van der Waals surface area contributed by atoms with Gasteiger partial charge in [0.2, 0.25) is 0 Å². The predicted molar refractivity (Wildman–Crippen MR) is 75.4 cm³/mol. The van der Waals surface area contributed by atoms with Gasteiger partial charge < -0.3 is 9.29 Å². The van der Waals surface area contributed by atoms with Crippen LogP contribution >= 0.6 is 0 Å². The minimum Gasteiger partial charge on any atom is -0.743 e. The Morgan fingerprint density at radius 2 is 1.61 bits per heavy atom. The molecule has 0 unspecified atom stereocenters. The van der Waals surface area contributed by atoms with E-state index < -0.39 is 27.2 Å². The summed E-state index contributed by atoms with van der Waals surface area (Å²) in [5.41, 5.74) is -0.456. The average Bonchev–Trinajstić information content (AvgIpc) is 2.40. The van der Waals surface area contributed by atoms with Crippen molar-refractivity contribution in [2.45, 2.75) is 56.6 Å². The van der Waals surface area contributed by atoms with Crippen molar-refractivity contribution in [1.82, 2.24) is 0 Å². The van der Waals surface area contributed by atoms with E-state index in [0.29, 0.717) is 17.8 Å². The van der Waals surface area contributed by atoms with Crippen LogP contribution in [0.4, 0.5) is 8.78 Å². The first kappa shape index (κ1) is 17.1. The van der Waals surface area contributed by atoms with Gasteiger partial charge in [0.15, 0.2) is 10.1 Å². The zero-order valence-electron chi connectivity index (χ0n) is 12.8. The maximum atomic E-state index is 13.0. The van der Waals surface area contributed by atoms with Gasteiger partial charge in [-0.1, -0.05) is 0 Å². The Hall–Kier alpha value is -0.760. The number of esters is 1. The number of ether oxygens (including phenoxy) is 1. The summed E-state index contributed by atoms with van der Waals surface area (Å²) >= 11 is 0. The lowest BCUT2D eigenvalue weighted by Gasteiger charge is -2.55.